The number of carbonyl (C=O) groups excluding carboxylic acids is 2. The summed E-state index contributed by atoms with van der Waals surface area (Å²) in [5.74, 6) is -1.23. The lowest BCUT2D eigenvalue weighted by Crippen LogP contribution is -2.50. The van der Waals surface area contributed by atoms with Gasteiger partial charge in [-0.15, -0.1) is 0 Å². The summed E-state index contributed by atoms with van der Waals surface area (Å²) in [7, 11) is 0.642. The molecule has 1 rings (SSSR count). The van der Waals surface area contributed by atoms with Crippen molar-refractivity contribution in [2.45, 2.75) is 32.2 Å². The van der Waals surface area contributed by atoms with E-state index in [1.165, 1.54) is 4.90 Å². The largest absolute Gasteiger partial charge is 0.348 e. The van der Waals surface area contributed by atoms with E-state index in [9.17, 15) is 18.0 Å². The van der Waals surface area contributed by atoms with Gasteiger partial charge in [0.05, 0.1) is 11.5 Å². The molecule has 1 aliphatic heterocycles. The molecule has 1 atom stereocenters. The average Bonchev–Trinajstić information content (AvgIpc) is 2.78. The van der Waals surface area contributed by atoms with E-state index in [0.29, 0.717) is 26.1 Å². The maximum Gasteiger partial charge on any atom is 0.312 e. The van der Waals surface area contributed by atoms with Gasteiger partial charge in [-0.05, 0) is 26.9 Å². The highest BCUT2D eigenvalue weighted by molar-refractivity contribution is 7.91. The van der Waals surface area contributed by atoms with Gasteiger partial charge >= 0.3 is 11.8 Å². The molecule has 0 aliphatic carbocycles. The first-order chi connectivity index (χ1) is 10.3. The zero-order valence-electron chi connectivity index (χ0n) is 13.7. The SMILES string of the molecule is CCCCNC(=O)C(=O)N(CCN(C)C)C1CCS(=O)(=O)C1. The number of unbranched alkanes of at least 4 members (excludes halogenated alkanes) is 1. The van der Waals surface area contributed by atoms with Gasteiger partial charge in [0.2, 0.25) is 0 Å². The van der Waals surface area contributed by atoms with Crippen molar-refractivity contribution in [1.29, 1.82) is 0 Å². The second-order valence-electron chi connectivity index (χ2n) is 5.97. The molecule has 1 fully saturated rings. The van der Waals surface area contributed by atoms with Crippen molar-refractivity contribution in [2.75, 3.05) is 45.2 Å². The van der Waals surface area contributed by atoms with Crippen LogP contribution in [0.4, 0.5) is 0 Å². The summed E-state index contributed by atoms with van der Waals surface area (Å²) >= 11 is 0. The van der Waals surface area contributed by atoms with Crippen LogP contribution in [-0.4, -0.2) is 81.3 Å². The average molecular weight is 333 g/mol. The first-order valence-corrected chi connectivity index (χ1v) is 9.53. The summed E-state index contributed by atoms with van der Waals surface area (Å²) < 4.78 is 23.3. The number of carbonyl (C=O) groups is 2. The number of nitrogens with zero attached hydrogens (tertiary/aromatic N) is 2. The molecule has 0 saturated carbocycles. The van der Waals surface area contributed by atoms with Crippen LogP contribution in [0.3, 0.4) is 0 Å². The van der Waals surface area contributed by atoms with E-state index in [0.717, 1.165) is 12.8 Å². The molecule has 0 bridgehead atoms. The first-order valence-electron chi connectivity index (χ1n) is 7.70. The van der Waals surface area contributed by atoms with E-state index in [2.05, 4.69) is 5.32 Å². The number of sulfone groups is 1. The quantitative estimate of drug-likeness (QED) is 0.500. The van der Waals surface area contributed by atoms with Crippen LogP contribution < -0.4 is 5.32 Å². The van der Waals surface area contributed by atoms with E-state index in [-0.39, 0.29) is 11.5 Å². The van der Waals surface area contributed by atoms with Crippen molar-refractivity contribution in [3.63, 3.8) is 0 Å². The number of hydrogen-bond donors (Lipinski definition) is 1. The summed E-state index contributed by atoms with van der Waals surface area (Å²) in [6.45, 7) is 3.41. The van der Waals surface area contributed by atoms with Gasteiger partial charge in [0.25, 0.3) is 0 Å². The van der Waals surface area contributed by atoms with Crippen LogP contribution in [-0.2, 0) is 19.4 Å². The fourth-order valence-electron chi connectivity index (χ4n) is 2.36. The van der Waals surface area contributed by atoms with Gasteiger partial charge in [-0.25, -0.2) is 8.42 Å². The third-order valence-electron chi connectivity index (χ3n) is 3.71. The van der Waals surface area contributed by atoms with Gasteiger partial charge < -0.3 is 15.1 Å². The Hall–Kier alpha value is -1.15. The van der Waals surface area contributed by atoms with Gasteiger partial charge in [0.1, 0.15) is 0 Å². The van der Waals surface area contributed by atoms with E-state index in [1.54, 1.807) is 0 Å². The molecular formula is C14H27N3O4S. The van der Waals surface area contributed by atoms with E-state index < -0.39 is 27.7 Å². The summed E-state index contributed by atoms with van der Waals surface area (Å²) in [5.41, 5.74) is 0. The van der Waals surface area contributed by atoms with Crippen LogP contribution in [0.25, 0.3) is 0 Å². The maximum absolute atomic E-state index is 12.3. The van der Waals surface area contributed by atoms with Crippen LogP contribution >= 0.6 is 0 Å². The molecule has 1 N–H and O–H groups in total. The zero-order chi connectivity index (χ0) is 16.8. The summed E-state index contributed by atoms with van der Waals surface area (Å²) in [6, 6.07) is -0.394. The molecular weight excluding hydrogens is 306 g/mol. The topological polar surface area (TPSA) is 86.8 Å². The minimum atomic E-state index is -3.10. The molecule has 0 aromatic heterocycles. The van der Waals surface area contributed by atoms with Crippen LogP contribution in [0.2, 0.25) is 0 Å². The Morgan fingerprint density at radius 1 is 1.23 bits per heavy atom. The monoisotopic (exact) mass is 333 g/mol. The summed E-state index contributed by atoms with van der Waals surface area (Å²) in [6.07, 6.45) is 2.15. The molecule has 128 valence electrons. The highest BCUT2D eigenvalue weighted by Gasteiger charge is 2.36. The van der Waals surface area contributed by atoms with Crippen molar-refractivity contribution in [1.82, 2.24) is 15.1 Å². The van der Waals surface area contributed by atoms with Crippen LogP contribution in [0.5, 0.6) is 0 Å². The molecule has 0 aromatic carbocycles. The van der Waals surface area contributed by atoms with Gasteiger partial charge in [0, 0.05) is 25.7 Å². The van der Waals surface area contributed by atoms with Gasteiger partial charge in [-0.3, -0.25) is 9.59 Å². The molecule has 8 heteroatoms. The third kappa shape index (κ3) is 5.92. The summed E-state index contributed by atoms with van der Waals surface area (Å²) in [5, 5.41) is 2.60. The smallest absolute Gasteiger partial charge is 0.312 e. The third-order valence-corrected chi connectivity index (χ3v) is 5.46. The van der Waals surface area contributed by atoms with Crippen molar-refractivity contribution < 1.29 is 18.0 Å². The van der Waals surface area contributed by atoms with E-state index >= 15 is 0 Å². The fraction of sp³-hybridized carbons (Fsp3) is 0.857. The number of amides is 2. The minimum absolute atomic E-state index is 0.0472. The maximum atomic E-state index is 12.3. The van der Waals surface area contributed by atoms with Crippen molar-refractivity contribution >= 4 is 21.7 Å². The normalized spacial score (nSPS) is 20.1. The Morgan fingerprint density at radius 2 is 1.91 bits per heavy atom. The second-order valence-corrected chi connectivity index (χ2v) is 8.20. The van der Waals surface area contributed by atoms with Crippen LogP contribution in [0, 0.1) is 0 Å². The molecule has 0 aromatic rings. The molecule has 22 heavy (non-hydrogen) atoms. The molecule has 2 amide bonds. The molecule has 1 heterocycles. The Balaban J connectivity index is 2.72. The highest BCUT2D eigenvalue weighted by atomic mass is 32.2. The number of rotatable bonds is 7. The highest BCUT2D eigenvalue weighted by Crippen LogP contribution is 2.18. The molecule has 0 spiro atoms. The lowest BCUT2D eigenvalue weighted by atomic mass is 10.2. The van der Waals surface area contributed by atoms with Gasteiger partial charge in [-0.2, -0.15) is 0 Å². The fourth-order valence-corrected chi connectivity index (χ4v) is 4.09. The van der Waals surface area contributed by atoms with Gasteiger partial charge in [0.15, 0.2) is 9.84 Å². The number of hydrogen-bond acceptors (Lipinski definition) is 5. The minimum Gasteiger partial charge on any atom is -0.348 e. The Kier molecular flexibility index (Phi) is 7.28. The van der Waals surface area contributed by atoms with Crippen molar-refractivity contribution in [3.8, 4) is 0 Å². The van der Waals surface area contributed by atoms with Crippen LogP contribution in [0.1, 0.15) is 26.2 Å². The number of likely N-dealkylation sites (N-methyl/N-ethyl adjacent to an activating group) is 1. The van der Waals surface area contributed by atoms with E-state index in [4.69, 9.17) is 0 Å². The standard InChI is InChI=1S/C14H27N3O4S/c1-4-5-7-15-13(18)14(19)17(9-8-16(2)3)12-6-10-22(20,21)11-12/h12H,4-11H2,1-3H3,(H,15,18). The Bertz CT molecular complexity index is 490. The Morgan fingerprint density at radius 3 is 2.41 bits per heavy atom. The van der Waals surface area contributed by atoms with Crippen LogP contribution in [0.15, 0.2) is 0 Å². The lowest BCUT2D eigenvalue weighted by Gasteiger charge is -2.28. The second kappa shape index (κ2) is 8.47. The molecule has 7 nitrogen and oxygen atoms in total. The molecule has 1 saturated heterocycles. The van der Waals surface area contributed by atoms with E-state index in [1.807, 2.05) is 25.9 Å². The van der Waals surface area contributed by atoms with Crippen molar-refractivity contribution in [3.05, 3.63) is 0 Å². The first kappa shape index (κ1) is 18.9. The number of nitrogens with one attached hydrogen (secondary N) is 1. The molecule has 0 radical (unpaired) electrons. The predicted molar refractivity (Wildman–Crippen MR) is 85.2 cm³/mol. The molecule has 1 unspecified atom stereocenters. The summed E-state index contributed by atoms with van der Waals surface area (Å²) in [4.78, 5) is 27.6. The Labute approximate surface area is 132 Å². The lowest BCUT2D eigenvalue weighted by molar-refractivity contribution is -0.147. The predicted octanol–water partition coefficient (Wildman–Crippen LogP) is -0.520. The van der Waals surface area contributed by atoms with Crippen molar-refractivity contribution in [2.24, 2.45) is 0 Å². The van der Waals surface area contributed by atoms with Gasteiger partial charge in [-0.1, -0.05) is 13.3 Å². The zero-order valence-corrected chi connectivity index (χ0v) is 14.5. The molecule has 1 aliphatic rings.